The smallest absolute Gasteiger partial charge is 0.271 e. The minimum Gasteiger partial charge on any atom is -0.316 e. The fourth-order valence-electron chi connectivity index (χ4n) is 4.06. The highest BCUT2D eigenvalue weighted by Crippen LogP contribution is 2.31. The molecule has 1 unspecified atom stereocenters. The van der Waals surface area contributed by atoms with Crippen molar-refractivity contribution in [2.75, 3.05) is 7.05 Å². The third-order valence-electron chi connectivity index (χ3n) is 5.82. The van der Waals surface area contributed by atoms with Crippen LogP contribution in [0.2, 0.25) is 5.02 Å². The fourth-order valence-corrected chi connectivity index (χ4v) is 5.25. The van der Waals surface area contributed by atoms with Gasteiger partial charge in [0.05, 0.1) is 18.4 Å². The molecule has 5 rings (SSSR count). The number of halogens is 1. The van der Waals surface area contributed by atoms with Crippen LogP contribution in [0.5, 0.6) is 0 Å². The number of Topliss-reactive ketones (excluding diaryl/α,β-unsaturated/α-hetero) is 1. The Morgan fingerprint density at radius 2 is 1.94 bits per heavy atom. The number of thiophene rings is 1. The van der Waals surface area contributed by atoms with E-state index in [2.05, 4.69) is 10.3 Å². The first-order valence-corrected chi connectivity index (χ1v) is 11.3. The monoisotopic (exact) mass is 449 g/mol. The number of fused-ring (bicyclic) bond motifs is 2. The van der Waals surface area contributed by atoms with Crippen LogP contribution in [0.25, 0.3) is 20.7 Å². The van der Waals surface area contributed by atoms with E-state index in [0.29, 0.717) is 26.8 Å². The van der Waals surface area contributed by atoms with Gasteiger partial charge in [0, 0.05) is 21.5 Å². The van der Waals surface area contributed by atoms with Crippen molar-refractivity contribution in [3.63, 3.8) is 0 Å². The van der Waals surface area contributed by atoms with Gasteiger partial charge in [-0.25, -0.2) is 4.98 Å². The van der Waals surface area contributed by atoms with Gasteiger partial charge in [-0.2, -0.15) is 0 Å². The van der Waals surface area contributed by atoms with Gasteiger partial charge >= 0.3 is 0 Å². The molecule has 0 bridgehead atoms. The summed E-state index contributed by atoms with van der Waals surface area (Å²) in [6.45, 7) is -0.0236. The van der Waals surface area contributed by atoms with E-state index in [1.54, 1.807) is 0 Å². The van der Waals surface area contributed by atoms with E-state index in [1.165, 1.54) is 33.4 Å². The molecule has 0 saturated carbocycles. The summed E-state index contributed by atoms with van der Waals surface area (Å²) in [5.41, 5.74) is 4.55. The van der Waals surface area contributed by atoms with Crippen LogP contribution in [0.3, 0.4) is 0 Å². The third kappa shape index (κ3) is 3.83. The van der Waals surface area contributed by atoms with E-state index in [1.807, 2.05) is 55.6 Å². The number of nitrogens with zero attached hydrogens (tertiary/aromatic N) is 2. The molecule has 5 nitrogen and oxygen atoms in total. The summed E-state index contributed by atoms with van der Waals surface area (Å²) >= 11 is 7.35. The number of likely N-dealkylation sites (N-methyl/N-ethyl adjacent to an activating group) is 1. The molecule has 1 atom stereocenters. The summed E-state index contributed by atoms with van der Waals surface area (Å²) in [6.07, 6.45) is 3.36. The van der Waals surface area contributed by atoms with Crippen LogP contribution in [-0.4, -0.2) is 28.4 Å². The molecule has 1 aliphatic carbocycles. The second-order valence-corrected chi connectivity index (χ2v) is 9.30. The Labute approximate surface area is 188 Å². The van der Waals surface area contributed by atoms with Crippen molar-refractivity contribution in [1.29, 1.82) is 0 Å². The van der Waals surface area contributed by atoms with Gasteiger partial charge in [-0.3, -0.25) is 14.2 Å². The van der Waals surface area contributed by atoms with Gasteiger partial charge in [-0.1, -0.05) is 35.9 Å². The number of ketones is 1. The zero-order chi connectivity index (χ0) is 21.5. The van der Waals surface area contributed by atoms with Gasteiger partial charge in [0.1, 0.15) is 4.70 Å². The zero-order valence-corrected chi connectivity index (χ0v) is 18.5. The molecule has 2 heterocycles. The third-order valence-corrected chi connectivity index (χ3v) is 7.23. The van der Waals surface area contributed by atoms with Crippen LogP contribution in [0.1, 0.15) is 21.5 Å². The predicted octanol–water partition coefficient (Wildman–Crippen LogP) is 4.35. The van der Waals surface area contributed by atoms with Gasteiger partial charge in [0.15, 0.2) is 5.78 Å². The molecule has 0 saturated heterocycles. The minimum atomic E-state index is -0.194. The fraction of sp³-hybridized carbons (Fsp3) is 0.208. The second kappa shape index (κ2) is 8.04. The Morgan fingerprint density at radius 3 is 2.71 bits per heavy atom. The van der Waals surface area contributed by atoms with Crippen molar-refractivity contribution in [2.45, 2.75) is 25.4 Å². The second-order valence-electron chi connectivity index (χ2n) is 7.81. The molecular formula is C24H20ClN3O2S. The summed E-state index contributed by atoms with van der Waals surface area (Å²) in [7, 11) is 1.96. The molecule has 0 spiro atoms. The van der Waals surface area contributed by atoms with Crippen LogP contribution >= 0.6 is 22.9 Å². The molecule has 0 radical (unpaired) electrons. The molecule has 156 valence electrons. The summed E-state index contributed by atoms with van der Waals surface area (Å²) in [6, 6.07) is 15.7. The van der Waals surface area contributed by atoms with E-state index in [0.717, 1.165) is 23.3 Å². The highest BCUT2D eigenvalue weighted by Gasteiger charge is 2.21. The lowest BCUT2D eigenvalue weighted by Gasteiger charge is -2.06. The number of nitrogens with one attached hydrogen (secondary N) is 1. The van der Waals surface area contributed by atoms with E-state index in [9.17, 15) is 9.59 Å². The summed E-state index contributed by atoms with van der Waals surface area (Å²) in [4.78, 5) is 31.3. The normalized spacial score (nSPS) is 15.4. The quantitative estimate of drug-likeness (QED) is 0.460. The maximum Gasteiger partial charge on any atom is 0.271 e. The molecule has 2 aromatic heterocycles. The van der Waals surface area contributed by atoms with Crippen molar-refractivity contribution >= 4 is 38.9 Å². The average Bonchev–Trinajstić information content (AvgIpc) is 3.40. The van der Waals surface area contributed by atoms with Crippen molar-refractivity contribution in [1.82, 2.24) is 14.9 Å². The van der Waals surface area contributed by atoms with Crippen LogP contribution in [-0.2, 0) is 19.4 Å². The van der Waals surface area contributed by atoms with E-state index in [4.69, 9.17) is 11.6 Å². The van der Waals surface area contributed by atoms with Gasteiger partial charge in [0.2, 0.25) is 0 Å². The van der Waals surface area contributed by atoms with Gasteiger partial charge < -0.3 is 5.32 Å². The number of hydrogen-bond acceptors (Lipinski definition) is 5. The molecular weight excluding hydrogens is 430 g/mol. The number of benzene rings is 2. The SMILES string of the molecule is CNC1Cc2ccc(C(=O)Cn3cnc4cc(-c5ccc(Cl)cc5)sc4c3=O)cc2C1. The standard InChI is InChI=1S/C24H20ClN3O2S/c1-26-19-9-15-2-3-16(8-17(15)10-19)21(29)12-28-13-27-20-11-22(31-23(20)24(28)30)14-4-6-18(25)7-5-14/h2-8,11,13,19,26H,9-10,12H2,1H3. The van der Waals surface area contributed by atoms with E-state index in [-0.39, 0.29) is 17.9 Å². The van der Waals surface area contributed by atoms with Crippen molar-refractivity contribution in [3.05, 3.63) is 86.9 Å². The average molecular weight is 450 g/mol. The van der Waals surface area contributed by atoms with Gasteiger partial charge in [-0.15, -0.1) is 11.3 Å². The van der Waals surface area contributed by atoms with Crippen LogP contribution < -0.4 is 10.9 Å². The van der Waals surface area contributed by atoms with Crippen molar-refractivity contribution in [2.24, 2.45) is 0 Å². The molecule has 1 aliphatic rings. The lowest BCUT2D eigenvalue weighted by molar-refractivity contribution is 0.0970. The number of rotatable bonds is 5. The van der Waals surface area contributed by atoms with E-state index >= 15 is 0 Å². The summed E-state index contributed by atoms with van der Waals surface area (Å²) in [5.74, 6) is -0.0894. The summed E-state index contributed by atoms with van der Waals surface area (Å²) in [5, 5.41) is 3.96. The van der Waals surface area contributed by atoms with Crippen LogP contribution in [0, 0.1) is 0 Å². The number of hydrogen-bond donors (Lipinski definition) is 1. The van der Waals surface area contributed by atoms with Crippen molar-refractivity contribution in [3.8, 4) is 10.4 Å². The molecule has 31 heavy (non-hydrogen) atoms. The van der Waals surface area contributed by atoms with Crippen molar-refractivity contribution < 1.29 is 4.79 Å². The largest absolute Gasteiger partial charge is 0.316 e. The van der Waals surface area contributed by atoms with Gasteiger partial charge in [0.25, 0.3) is 5.56 Å². The Bertz CT molecular complexity index is 1360. The minimum absolute atomic E-state index is 0.0236. The first kappa shape index (κ1) is 20.1. The topological polar surface area (TPSA) is 64.0 Å². The highest BCUT2D eigenvalue weighted by molar-refractivity contribution is 7.22. The molecule has 0 fully saturated rings. The predicted molar refractivity (Wildman–Crippen MR) is 125 cm³/mol. The lowest BCUT2D eigenvalue weighted by Crippen LogP contribution is -2.25. The first-order valence-electron chi connectivity index (χ1n) is 10.1. The lowest BCUT2D eigenvalue weighted by atomic mass is 10.0. The first-order chi connectivity index (χ1) is 15.0. The molecule has 4 aromatic rings. The molecule has 1 N–H and O–H groups in total. The number of carbonyl (C=O) groups is 1. The molecule has 7 heteroatoms. The Hall–Kier alpha value is -2.80. The Morgan fingerprint density at radius 1 is 1.16 bits per heavy atom. The van der Waals surface area contributed by atoms with Crippen LogP contribution in [0.4, 0.5) is 0 Å². The highest BCUT2D eigenvalue weighted by atomic mass is 35.5. The number of carbonyl (C=O) groups excluding carboxylic acids is 1. The Balaban J connectivity index is 1.42. The molecule has 2 aromatic carbocycles. The van der Waals surface area contributed by atoms with Gasteiger partial charge in [-0.05, 0) is 60.8 Å². The maximum absolute atomic E-state index is 13.0. The summed E-state index contributed by atoms with van der Waals surface area (Å²) < 4.78 is 1.95. The van der Waals surface area contributed by atoms with Crippen LogP contribution in [0.15, 0.2) is 59.7 Å². The molecule has 0 amide bonds. The van der Waals surface area contributed by atoms with E-state index < -0.39 is 0 Å². The molecule has 0 aliphatic heterocycles. The number of aromatic nitrogens is 2. The Kier molecular flexibility index (Phi) is 5.22. The maximum atomic E-state index is 13.0. The zero-order valence-electron chi connectivity index (χ0n) is 16.9.